The second-order valence-corrected chi connectivity index (χ2v) is 10.8. The van der Waals surface area contributed by atoms with E-state index in [-0.39, 0.29) is 17.2 Å². The molecule has 1 aliphatic heterocycles. The van der Waals surface area contributed by atoms with E-state index in [2.05, 4.69) is 63.6 Å². The van der Waals surface area contributed by atoms with Gasteiger partial charge in [-0.05, 0) is 87.4 Å². The molecule has 1 spiro atoms. The highest BCUT2D eigenvalue weighted by Crippen LogP contribution is 2.59. The van der Waals surface area contributed by atoms with Crippen molar-refractivity contribution in [3.05, 3.63) is 71.4 Å². The predicted molar refractivity (Wildman–Crippen MR) is 140 cm³/mol. The summed E-state index contributed by atoms with van der Waals surface area (Å²) < 4.78 is 0. The highest BCUT2D eigenvalue weighted by Gasteiger charge is 2.58. The molecule has 1 saturated carbocycles. The molecule has 1 aromatic heterocycles. The summed E-state index contributed by atoms with van der Waals surface area (Å²) in [6.07, 6.45) is 6.15. The van der Waals surface area contributed by atoms with E-state index in [1.807, 2.05) is 18.2 Å². The maximum atomic E-state index is 12.8. The van der Waals surface area contributed by atoms with Crippen LogP contribution >= 0.6 is 0 Å². The van der Waals surface area contributed by atoms with Crippen LogP contribution in [0.5, 0.6) is 0 Å². The minimum Gasteiger partial charge on any atom is -0.378 e. The zero-order valence-electron chi connectivity index (χ0n) is 20.7. The largest absolute Gasteiger partial charge is 0.378 e. The Balaban J connectivity index is 1.06. The average Bonchev–Trinajstić information content (AvgIpc) is 3.40. The third-order valence-corrected chi connectivity index (χ3v) is 7.60. The molecule has 1 atom stereocenters. The van der Waals surface area contributed by atoms with Crippen molar-refractivity contribution < 1.29 is 9.90 Å². The SMILES string of the molecule is CC(C)(O)C#Cc1ccc(CN2CCC3(CC2)CC3C(=O)NCCc2c[nH]c3ccccc23)cc1. The number of fused-ring (bicyclic) bond motifs is 1. The number of hydrogen-bond donors (Lipinski definition) is 3. The van der Waals surface area contributed by atoms with Crippen LogP contribution in [0, 0.1) is 23.2 Å². The van der Waals surface area contributed by atoms with E-state index in [1.165, 1.54) is 16.5 Å². The van der Waals surface area contributed by atoms with Crippen LogP contribution in [0.15, 0.2) is 54.7 Å². The molecule has 0 radical (unpaired) electrons. The number of nitrogens with zero attached hydrogens (tertiary/aromatic N) is 1. The fourth-order valence-corrected chi connectivity index (χ4v) is 5.39. The Labute approximate surface area is 207 Å². The lowest BCUT2D eigenvalue weighted by atomic mass is 9.90. The number of amides is 1. The molecule has 35 heavy (non-hydrogen) atoms. The fraction of sp³-hybridized carbons (Fsp3) is 0.433. The van der Waals surface area contributed by atoms with Crippen molar-refractivity contribution in [2.24, 2.45) is 11.3 Å². The van der Waals surface area contributed by atoms with Gasteiger partial charge in [0.25, 0.3) is 0 Å². The zero-order chi connectivity index (χ0) is 24.5. The summed E-state index contributed by atoms with van der Waals surface area (Å²) in [6, 6.07) is 16.6. The second-order valence-electron chi connectivity index (χ2n) is 10.8. The van der Waals surface area contributed by atoms with Gasteiger partial charge in [0.05, 0.1) is 0 Å². The molecule has 3 aromatic rings. The summed E-state index contributed by atoms with van der Waals surface area (Å²) in [7, 11) is 0. The number of carbonyl (C=O) groups is 1. The molecule has 2 fully saturated rings. The molecule has 2 aromatic carbocycles. The van der Waals surface area contributed by atoms with Gasteiger partial charge in [0.15, 0.2) is 0 Å². The normalized spacial score (nSPS) is 19.3. The molecule has 2 heterocycles. The lowest BCUT2D eigenvalue weighted by Gasteiger charge is -2.32. The number of para-hydroxylation sites is 1. The number of benzene rings is 2. The van der Waals surface area contributed by atoms with Gasteiger partial charge >= 0.3 is 0 Å². The lowest BCUT2D eigenvalue weighted by Crippen LogP contribution is -2.37. The molecule has 5 heteroatoms. The van der Waals surface area contributed by atoms with Crippen LogP contribution in [0.2, 0.25) is 0 Å². The number of hydrogen-bond acceptors (Lipinski definition) is 3. The summed E-state index contributed by atoms with van der Waals surface area (Å²) in [4.78, 5) is 18.6. The third-order valence-electron chi connectivity index (χ3n) is 7.60. The highest BCUT2D eigenvalue weighted by molar-refractivity contribution is 5.84. The Morgan fingerprint density at radius 3 is 2.66 bits per heavy atom. The molecule has 1 aliphatic carbocycles. The quantitative estimate of drug-likeness (QED) is 0.473. The zero-order valence-corrected chi connectivity index (χ0v) is 20.7. The minimum absolute atomic E-state index is 0.182. The Hall–Kier alpha value is -3.07. The van der Waals surface area contributed by atoms with Gasteiger partial charge in [-0.1, -0.05) is 42.2 Å². The Kier molecular flexibility index (Phi) is 6.44. The number of rotatable bonds is 6. The van der Waals surface area contributed by atoms with Crippen LogP contribution in [-0.4, -0.2) is 46.1 Å². The van der Waals surface area contributed by atoms with E-state index in [9.17, 15) is 9.90 Å². The molecule has 1 unspecified atom stereocenters. The van der Waals surface area contributed by atoms with Crippen LogP contribution < -0.4 is 5.32 Å². The minimum atomic E-state index is -0.975. The number of aromatic amines is 1. The molecule has 2 aliphatic rings. The first-order chi connectivity index (χ1) is 16.8. The van der Waals surface area contributed by atoms with E-state index in [0.29, 0.717) is 6.54 Å². The first-order valence-corrected chi connectivity index (χ1v) is 12.7. The molecular formula is C30H35N3O2. The molecule has 5 nitrogen and oxygen atoms in total. The van der Waals surface area contributed by atoms with Crippen LogP contribution in [-0.2, 0) is 17.8 Å². The predicted octanol–water partition coefficient (Wildman–Crippen LogP) is 4.25. The van der Waals surface area contributed by atoms with Crippen LogP contribution in [0.25, 0.3) is 10.9 Å². The number of likely N-dealkylation sites (tertiary alicyclic amines) is 1. The van der Waals surface area contributed by atoms with Gasteiger partial charge in [-0.3, -0.25) is 9.69 Å². The van der Waals surface area contributed by atoms with Crippen LogP contribution in [0.3, 0.4) is 0 Å². The maximum Gasteiger partial charge on any atom is 0.223 e. The maximum absolute atomic E-state index is 12.8. The standard InChI is InChI=1S/C30H35N3O2/c1-29(2,35)13-11-22-7-9-23(10-8-22)21-33-17-14-30(15-18-33)19-26(30)28(34)31-16-12-24-20-32-27-6-4-3-5-25(24)27/h3-10,20,26,32,35H,12,14-19,21H2,1-2H3,(H,31,34). The number of carbonyl (C=O) groups excluding carboxylic acids is 1. The van der Waals surface area contributed by atoms with Crippen molar-refractivity contribution in [1.29, 1.82) is 0 Å². The van der Waals surface area contributed by atoms with Crippen molar-refractivity contribution >= 4 is 16.8 Å². The number of piperidine rings is 1. The number of H-pyrrole nitrogens is 1. The molecule has 0 bridgehead atoms. The van der Waals surface area contributed by atoms with Gasteiger partial charge in [0.2, 0.25) is 5.91 Å². The molecule has 1 saturated heterocycles. The highest BCUT2D eigenvalue weighted by atomic mass is 16.3. The van der Waals surface area contributed by atoms with Crippen molar-refractivity contribution in [2.45, 2.75) is 51.7 Å². The first kappa shape index (κ1) is 23.7. The first-order valence-electron chi connectivity index (χ1n) is 12.7. The van der Waals surface area contributed by atoms with Gasteiger partial charge in [0, 0.05) is 41.7 Å². The smallest absolute Gasteiger partial charge is 0.223 e. The summed E-state index contributed by atoms with van der Waals surface area (Å²) in [5, 5.41) is 14.2. The van der Waals surface area contributed by atoms with Crippen molar-refractivity contribution in [1.82, 2.24) is 15.2 Å². The Morgan fingerprint density at radius 2 is 1.91 bits per heavy atom. The van der Waals surface area contributed by atoms with Gasteiger partial charge in [-0.15, -0.1) is 0 Å². The average molecular weight is 470 g/mol. The monoisotopic (exact) mass is 469 g/mol. The van der Waals surface area contributed by atoms with Crippen molar-refractivity contribution in [3.63, 3.8) is 0 Å². The summed E-state index contributed by atoms with van der Waals surface area (Å²) in [5.41, 5.74) is 3.85. The Morgan fingerprint density at radius 1 is 1.17 bits per heavy atom. The van der Waals surface area contributed by atoms with Gasteiger partial charge in [-0.25, -0.2) is 0 Å². The fourth-order valence-electron chi connectivity index (χ4n) is 5.39. The van der Waals surface area contributed by atoms with E-state index >= 15 is 0 Å². The third kappa shape index (κ3) is 5.61. The summed E-state index contributed by atoms with van der Waals surface area (Å²) in [5.74, 6) is 6.30. The molecule has 182 valence electrons. The number of aromatic nitrogens is 1. The lowest BCUT2D eigenvalue weighted by molar-refractivity contribution is -0.123. The molecule has 5 rings (SSSR count). The van der Waals surface area contributed by atoms with Crippen molar-refractivity contribution in [2.75, 3.05) is 19.6 Å². The van der Waals surface area contributed by atoms with Crippen LogP contribution in [0.4, 0.5) is 0 Å². The van der Waals surface area contributed by atoms with Gasteiger partial charge in [-0.2, -0.15) is 0 Å². The van der Waals surface area contributed by atoms with E-state index in [4.69, 9.17) is 0 Å². The molecule has 1 amide bonds. The van der Waals surface area contributed by atoms with E-state index < -0.39 is 5.60 Å². The summed E-state index contributed by atoms with van der Waals surface area (Å²) >= 11 is 0. The van der Waals surface area contributed by atoms with Gasteiger partial charge in [0.1, 0.15) is 5.60 Å². The van der Waals surface area contributed by atoms with E-state index in [1.54, 1.807) is 13.8 Å². The van der Waals surface area contributed by atoms with Crippen LogP contribution in [0.1, 0.15) is 49.8 Å². The topological polar surface area (TPSA) is 68.4 Å². The molecular weight excluding hydrogens is 434 g/mol. The number of aliphatic hydroxyl groups is 1. The molecule has 3 N–H and O–H groups in total. The Bertz CT molecular complexity index is 1250. The van der Waals surface area contributed by atoms with Gasteiger partial charge < -0.3 is 15.4 Å². The number of nitrogens with one attached hydrogen (secondary N) is 2. The second kappa shape index (κ2) is 9.53. The van der Waals surface area contributed by atoms with E-state index in [0.717, 1.165) is 56.4 Å². The summed E-state index contributed by atoms with van der Waals surface area (Å²) in [6.45, 7) is 7.08. The van der Waals surface area contributed by atoms with Crippen molar-refractivity contribution in [3.8, 4) is 11.8 Å².